The van der Waals surface area contributed by atoms with Crippen molar-refractivity contribution in [2.45, 2.75) is 44.6 Å². The lowest BCUT2D eigenvalue weighted by atomic mass is 9.84. The number of rotatable bonds is 8. The number of furan rings is 1. The molecule has 1 saturated carbocycles. The van der Waals surface area contributed by atoms with Crippen LogP contribution in [-0.2, 0) is 11.4 Å². The van der Waals surface area contributed by atoms with Gasteiger partial charge in [0.1, 0.15) is 29.6 Å². The molecule has 0 radical (unpaired) electrons. The molecule has 6 heteroatoms. The highest BCUT2D eigenvalue weighted by atomic mass is 16.5. The molecule has 168 valence electrons. The summed E-state index contributed by atoms with van der Waals surface area (Å²) in [6, 6.07) is 16.9. The van der Waals surface area contributed by atoms with Gasteiger partial charge in [0, 0.05) is 11.8 Å². The molecule has 3 aromatic rings. The molecule has 1 fully saturated rings. The van der Waals surface area contributed by atoms with Gasteiger partial charge in [-0.25, -0.2) is 0 Å². The summed E-state index contributed by atoms with van der Waals surface area (Å²) in [5.41, 5.74) is 2.69. The van der Waals surface area contributed by atoms with Crippen LogP contribution in [0.2, 0.25) is 0 Å². The highest BCUT2D eigenvalue weighted by Crippen LogP contribution is 2.34. The summed E-state index contributed by atoms with van der Waals surface area (Å²) in [5.74, 6) is 2.70. The lowest BCUT2D eigenvalue weighted by Gasteiger charge is -2.22. The Morgan fingerprint density at radius 2 is 1.84 bits per heavy atom. The summed E-state index contributed by atoms with van der Waals surface area (Å²) < 4.78 is 16.7. The minimum absolute atomic E-state index is 0.0785. The van der Waals surface area contributed by atoms with Gasteiger partial charge in [0.05, 0.1) is 12.7 Å². The maximum atomic E-state index is 12.4. The number of methoxy groups -OCH3 is 1. The Kier molecular flexibility index (Phi) is 7.12. The minimum Gasteiger partial charge on any atom is -0.496 e. The lowest BCUT2D eigenvalue weighted by Crippen LogP contribution is -2.20. The average molecular weight is 436 g/mol. The number of carbonyl (C=O) groups is 1. The van der Waals surface area contributed by atoms with Crippen LogP contribution in [0.4, 0.5) is 5.69 Å². The van der Waals surface area contributed by atoms with E-state index in [-0.39, 0.29) is 19.1 Å². The van der Waals surface area contributed by atoms with Gasteiger partial charge in [-0.1, -0.05) is 31.4 Å². The number of benzene rings is 2. The molecule has 0 unspecified atom stereocenters. The first-order chi connectivity index (χ1) is 15.7. The third kappa shape index (κ3) is 5.32. The highest BCUT2D eigenvalue weighted by Gasteiger charge is 2.16. The number of aliphatic hydroxyl groups excluding tert-OH is 1. The Balaban J connectivity index is 1.33. The Morgan fingerprint density at radius 3 is 2.53 bits per heavy atom. The Hall–Kier alpha value is -3.25. The van der Waals surface area contributed by atoms with Gasteiger partial charge in [0.2, 0.25) is 0 Å². The Bertz CT molecular complexity index is 1030. The minimum atomic E-state index is -0.253. The largest absolute Gasteiger partial charge is 0.496 e. The van der Waals surface area contributed by atoms with Gasteiger partial charge in [-0.05, 0) is 60.7 Å². The third-order valence-corrected chi connectivity index (χ3v) is 5.89. The number of hydrogen-bond acceptors (Lipinski definition) is 5. The number of amides is 1. The maximum Gasteiger partial charge on any atom is 0.262 e. The highest BCUT2D eigenvalue weighted by molar-refractivity contribution is 5.92. The second-order valence-corrected chi connectivity index (χ2v) is 8.08. The third-order valence-electron chi connectivity index (χ3n) is 5.89. The summed E-state index contributed by atoms with van der Waals surface area (Å²) in [5, 5.41) is 12.0. The van der Waals surface area contributed by atoms with E-state index in [9.17, 15) is 9.90 Å². The Labute approximate surface area is 188 Å². The number of aliphatic hydroxyl groups is 1. The summed E-state index contributed by atoms with van der Waals surface area (Å²) in [6.07, 6.45) is 6.47. The molecule has 6 nitrogen and oxygen atoms in total. The van der Waals surface area contributed by atoms with E-state index in [0.29, 0.717) is 34.6 Å². The van der Waals surface area contributed by atoms with Crippen LogP contribution in [0.25, 0.3) is 11.3 Å². The van der Waals surface area contributed by atoms with Crippen LogP contribution in [0.15, 0.2) is 59.0 Å². The van der Waals surface area contributed by atoms with Crippen molar-refractivity contribution in [2.75, 3.05) is 19.0 Å². The van der Waals surface area contributed by atoms with Gasteiger partial charge in [-0.15, -0.1) is 0 Å². The number of hydrogen-bond donors (Lipinski definition) is 2. The first-order valence-electron chi connectivity index (χ1n) is 11.1. The molecule has 4 rings (SSSR count). The predicted octanol–water partition coefficient (Wildman–Crippen LogP) is 5.51. The van der Waals surface area contributed by atoms with E-state index in [1.807, 2.05) is 12.1 Å². The van der Waals surface area contributed by atoms with Gasteiger partial charge in [0.15, 0.2) is 6.61 Å². The van der Waals surface area contributed by atoms with Crippen LogP contribution >= 0.6 is 0 Å². The summed E-state index contributed by atoms with van der Waals surface area (Å²) in [7, 11) is 1.56. The van der Waals surface area contributed by atoms with Crippen molar-refractivity contribution in [3.8, 4) is 22.8 Å². The molecule has 2 aromatic carbocycles. The van der Waals surface area contributed by atoms with Crippen molar-refractivity contribution in [1.82, 2.24) is 0 Å². The molecule has 0 bridgehead atoms. The fraction of sp³-hybridized carbons (Fsp3) is 0.346. The molecule has 0 spiro atoms. The van der Waals surface area contributed by atoms with Crippen LogP contribution in [0.3, 0.4) is 0 Å². The molecule has 1 heterocycles. The molecule has 1 aliphatic carbocycles. The molecule has 0 aliphatic heterocycles. The van der Waals surface area contributed by atoms with Gasteiger partial charge < -0.3 is 24.3 Å². The second-order valence-electron chi connectivity index (χ2n) is 8.08. The van der Waals surface area contributed by atoms with Crippen LogP contribution in [-0.4, -0.2) is 24.7 Å². The van der Waals surface area contributed by atoms with E-state index in [1.165, 1.54) is 37.7 Å². The predicted molar refractivity (Wildman–Crippen MR) is 123 cm³/mol. The molecular weight excluding hydrogens is 406 g/mol. The molecule has 32 heavy (non-hydrogen) atoms. The molecule has 1 aromatic heterocycles. The van der Waals surface area contributed by atoms with Gasteiger partial charge in [0.25, 0.3) is 5.91 Å². The number of nitrogens with one attached hydrogen (secondary N) is 1. The van der Waals surface area contributed by atoms with Crippen LogP contribution in [0, 0.1) is 0 Å². The molecule has 2 N–H and O–H groups in total. The quantitative estimate of drug-likeness (QED) is 0.487. The van der Waals surface area contributed by atoms with Crippen molar-refractivity contribution in [1.29, 1.82) is 0 Å². The monoisotopic (exact) mass is 435 g/mol. The molecular formula is C26H29NO5. The number of carbonyl (C=O) groups excluding carboxylic acids is 1. The molecule has 1 aliphatic rings. The summed E-state index contributed by atoms with van der Waals surface area (Å²) >= 11 is 0. The van der Waals surface area contributed by atoms with E-state index >= 15 is 0 Å². The van der Waals surface area contributed by atoms with E-state index in [1.54, 1.807) is 37.4 Å². The summed E-state index contributed by atoms with van der Waals surface area (Å²) in [6.45, 7) is -0.245. The zero-order chi connectivity index (χ0) is 22.3. The first-order valence-corrected chi connectivity index (χ1v) is 11.1. The zero-order valence-electron chi connectivity index (χ0n) is 18.3. The average Bonchev–Trinajstić information content (AvgIpc) is 3.33. The Morgan fingerprint density at radius 1 is 1.06 bits per heavy atom. The van der Waals surface area contributed by atoms with Crippen molar-refractivity contribution < 1.29 is 23.8 Å². The first kappa shape index (κ1) is 22.0. The van der Waals surface area contributed by atoms with E-state index < -0.39 is 0 Å². The van der Waals surface area contributed by atoms with Crippen LogP contribution in [0.1, 0.15) is 49.3 Å². The van der Waals surface area contributed by atoms with Gasteiger partial charge in [-0.2, -0.15) is 0 Å². The normalized spacial score (nSPS) is 14.2. The fourth-order valence-corrected chi connectivity index (χ4v) is 4.20. The van der Waals surface area contributed by atoms with Crippen molar-refractivity contribution >= 4 is 11.6 Å². The zero-order valence-corrected chi connectivity index (χ0v) is 18.3. The standard InChI is InChI=1S/C26H29NO5/c1-30-25-15-20(9-13-23(25)24-14-12-22(16-28)32-24)27-26(29)17-31-21-10-7-19(8-11-21)18-5-3-2-4-6-18/h7-15,18,28H,2-6,16-17H2,1H3,(H,27,29). The van der Waals surface area contributed by atoms with Gasteiger partial charge >= 0.3 is 0 Å². The smallest absolute Gasteiger partial charge is 0.262 e. The van der Waals surface area contributed by atoms with Gasteiger partial charge in [-0.3, -0.25) is 4.79 Å². The SMILES string of the molecule is COc1cc(NC(=O)COc2ccc(C3CCCCC3)cc2)ccc1-c1ccc(CO)o1. The second kappa shape index (κ2) is 10.4. The fourth-order valence-electron chi connectivity index (χ4n) is 4.20. The van der Waals surface area contributed by atoms with E-state index in [4.69, 9.17) is 13.9 Å². The lowest BCUT2D eigenvalue weighted by molar-refractivity contribution is -0.118. The topological polar surface area (TPSA) is 80.9 Å². The van der Waals surface area contributed by atoms with Crippen molar-refractivity contribution in [2.24, 2.45) is 0 Å². The van der Waals surface area contributed by atoms with Crippen LogP contribution < -0.4 is 14.8 Å². The van der Waals surface area contributed by atoms with Crippen molar-refractivity contribution in [3.05, 3.63) is 65.9 Å². The number of ether oxygens (including phenoxy) is 2. The van der Waals surface area contributed by atoms with E-state index in [2.05, 4.69) is 17.4 Å². The van der Waals surface area contributed by atoms with Crippen LogP contribution in [0.5, 0.6) is 11.5 Å². The molecule has 0 atom stereocenters. The van der Waals surface area contributed by atoms with Crippen molar-refractivity contribution in [3.63, 3.8) is 0 Å². The molecule has 0 saturated heterocycles. The summed E-state index contributed by atoms with van der Waals surface area (Å²) in [4.78, 5) is 12.4. The molecule has 1 amide bonds. The number of anilines is 1. The van der Waals surface area contributed by atoms with E-state index in [0.717, 1.165) is 5.56 Å². The maximum absolute atomic E-state index is 12.4.